The number of para-hydroxylation sites is 1. The summed E-state index contributed by atoms with van der Waals surface area (Å²) in [6, 6.07) is 6.14. The fourth-order valence-electron chi connectivity index (χ4n) is 1.26. The number of primary amides is 1. The SMILES string of the molecule is CNS(=O)(=O)c1ccccc1NCC(O)C(N)=O. The van der Waals surface area contributed by atoms with Gasteiger partial charge in [0.05, 0.1) is 5.69 Å². The Kier molecular flexibility index (Phi) is 4.65. The summed E-state index contributed by atoms with van der Waals surface area (Å²) in [5, 5.41) is 11.9. The summed E-state index contributed by atoms with van der Waals surface area (Å²) >= 11 is 0. The molecular weight excluding hydrogens is 258 g/mol. The van der Waals surface area contributed by atoms with Crippen molar-refractivity contribution in [1.29, 1.82) is 0 Å². The quantitative estimate of drug-likeness (QED) is 0.521. The molecule has 0 aliphatic rings. The number of aliphatic hydroxyl groups excluding tert-OH is 1. The lowest BCUT2D eigenvalue weighted by Crippen LogP contribution is -2.34. The van der Waals surface area contributed by atoms with Crippen molar-refractivity contribution in [3.05, 3.63) is 24.3 Å². The van der Waals surface area contributed by atoms with Crippen molar-refractivity contribution in [3.63, 3.8) is 0 Å². The second kappa shape index (κ2) is 5.80. The van der Waals surface area contributed by atoms with E-state index in [9.17, 15) is 18.3 Å². The van der Waals surface area contributed by atoms with E-state index in [0.29, 0.717) is 0 Å². The van der Waals surface area contributed by atoms with Crippen LogP contribution in [-0.4, -0.2) is 39.1 Å². The topological polar surface area (TPSA) is 122 Å². The number of amides is 1. The summed E-state index contributed by atoms with van der Waals surface area (Å²) in [5.74, 6) is -0.878. The first-order valence-electron chi connectivity index (χ1n) is 5.12. The summed E-state index contributed by atoms with van der Waals surface area (Å²) in [6.45, 7) is -0.161. The van der Waals surface area contributed by atoms with Gasteiger partial charge in [0.2, 0.25) is 15.9 Å². The molecule has 1 atom stereocenters. The number of hydrogen-bond acceptors (Lipinski definition) is 5. The maximum absolute atomic E-state index is 11.7. The fourth-order valence-corrected chi connectivity index (χ4v) is 2.17. The van der Waals surface area contributed by atoms with E-state index < -0.39 is 22.0 Å². The number of carbonyl (C=O) groups is 1. The number of nitrogens with two attached hydrogens (primary N) is 1. The molecule has 0 saturated heterocycles. The van der Waals surface area contributed by atoms with Crippen LogP contribution in [-0.2, 0) is 14.8 Å². The van der Waals surface area contributed by atoms with Crippen LogP contribution in [0, 0.1) is 0 Å². The number of nitrogens with one attached hydrogen (secondary N) is 2. The zero-order chi connectivity index (χ0) is 13.8. The minimum absolute atomic E-state index is 0.0316. The molecule has 0 aliphatic heterocycles. The first kappa shape index (κ1) is 14.4. The van der Waals surface area contributed by atoms with Gasteiger partial charge in [-0.1, -0.05) is 12.1 Å². The highest BCUT2D eigenvalue weighted by molar-refractivity contribution is 7.89. The van der Waals surface area contributed by atoms with Crippen molar-refractivity contribution in [3.8, 4) is 0 Å². The van der Waals surface area contributed by atoms with Crippen molar-refractivity contribution >= 4 is 21.6 Å². The molecule has 0 saturated carbocycles. The Labute approximate surface area is 105 Å². The Morgan fingerprint density at radius 1 is 1.44 bits per heavy atom. The zero-order valence-corrected chi connectivity index (χ0v) is 10.6. The van der Waals surface area contributed by atoms with Gasteiger partial charge in [-0.05, 0) is 19.2 Å². The molecule has 1 aromatic carbocycles. The number of anilines is 1. The number of sulfonamides is 1. The Balaban J connectivity index is 2.94. The molecule has 5 N–H and O–H groups in total. The van der Waals surface area contributed by atoms with Crippen LogP contribution < -0.4 is 15.8 Å². The lowest BCUT2D eigenvalue weighted by Gasteiger charge is -2.13. The molecule has 7 nitrogen and oxygen atoms in total. The molecule has 0 spiro atoms. The van der Waals surface area contributed by atoms with Crippen molar-refractivity contribution < 1.29 is 18.3 Å². The lowest BCUT2D eigenvalue weighted by molar-refractivity contribution is -0.125. The molecule has 0 bridgehead atoms. The molecule has 100 valence electrons. The van der Waals surface area contributed by atoms with Crippen molar-refractivity contribution in [1.82, 2.24) is 4.72 Å². The summed E-state index contributed by atoms with van der Waals surface area (Å²) in [6.07, 6.45) is -1.38. The summed E-state index contributed by atoms with van der Waals surface area (Å²) in [5.41, 5.74) is 5.18. The Morgan fingerprint density at radius 2 is 2.06 bits per heavy atom. The molecule has 0 aromatic heterocycles. The van der Waals surface area contributed by atoms with Crippen LogP contribution in [0.15, 0.2) is 29.2 Å². The molecule has 0 heterocycles. The molecule has 0 aliphatic carbocycles. The van der Waals surface area contributed by atoms with Gasteiger partial charge in [-0.2, -0.15) is 0 Å². The van der Waals surface area contributed by atoms with E-state index in [0.717, 1.165) is 0 Å². The van der Waals surface area contributed by atoms with E-state index in [1.54, 1.807) is 12.1 Å². The number of carbonyl (C=O) groups excluding carboxylic acids is 1. The monoisotopic (exact) mass is 273 g/mol. The van der Waals surface area contributed by atoms with Gasteiger partial charge in [0.25, 0.3) is 0 Å². The second-order valence-electron chi connectivity index (χ2n) is 3.50. The maximum atomic E-state index is 11.7. The van der Waals surface area contributed by atoms with E-state index in [-0.39, 0.29) is 17.1 Å². The third-order valence-corrected chi connectivity index (χ3v) is 3.73. The van der Waals surface area contributed by atoms with E-state index in [1.807, 2.05) is 0 Å². The van der Waals surface area contributed by atoms with Gasteiger partial charge in [-0.15, -0.1) is 0 Å². The second-order valence-corrected chi connectivity index (χ2v) is 5.36. The smallest absolute Gasteiger partial charge is 0.248 e. The molecular formula is C10H15N3O4S. The first-order chi connectivity index (χ1) is 8.38. The van der Waals surface area contributed by atoms with Crippen LogP contribution in [0.3, 0.4) is 0 Å². The Hall–Kier alpha value is -1.64. The van der Waals surface area contributed by atoms with Gasteiger partial charge in [-0.25, -0.2) is 13.1 Å². The third kappa shape index (κ3) is 3.42. The number of benzene rings is 1. The highest BCUT2D eigenvalue weighted by atomic mass is 32.2. The molecule has 18 heavy (non-hydrogen) atoms. The Bertz CT molecular complexity index is 530. The molecule has 8 heteroatoms. The number of hydrogen-bond donors (Lipinski definition) is 4. The molecule has 1 rings (SSSR count). The van der Waals surface area contributed by atoms with Gasteiger partial charge in [0, 0.05) is 6.54 Å². The average molecular weight is 273 g/mol. The number of rotatable bonds is 6. The molecule has 0 radical (unpaired) electrons. The molecule has 1 aromatic rings. The van der Waals surface area contributed by atoms with Gasteiger partial charge >= 0.3 is 0 Å². The Morgan fingerprint density at radius 3 is 2.61 bits per heavy atom. The normalized spacial score (nSPS) is 13.0. The van der Waals surface area contributed by atoms with Crippen LogP contribution in [0.4, 0.5) is 5.69 Å². The highest BCUT2D eigenvalue weighted by Gasteiger charge is 2.17. The zero-order valence-electron chi connectivity index (χ0n) is 9.75. The standard InChI is InChI=1S/C10H15N3O4S/c1-12-18(16,17)9-5-3-2-4-7(9)13-6-8(14)10(11)15/h2-5,8,12-14H,6H2,1H3,(H2,11,15). The molecule has 1 amide bonds. The molecule has 1 unspecified atom stereocenters. The lowest BCUT2D eigenvalue weighted by atomic mass is 10.3. The van der Waals surface area contributed by atoms with E-state index in [4.69, 9.17) is 5.73 Å². The van der Waals surface area contributed by atoms with E-state index in [2.05, 4.69) is 10.0 Å². The maximum Gasteiger partial charge on any atom is 0.248 e. The van der Waals surface area contributed by atoms with Crippen LogP contribution in [0.25, 0.3) is 0 Å². The van der Waals surface area contributed by atoms with Crippen LogP contribution >= 0.6 is 0 Å². The summed E-state index contributed by atoms with van der Waals surface area (Å²) in [7, 11) is -2.31. The van der Waals surface area contributed by atoms with E-state index >= 15 is 0 Å². The largest absolute Gasteiger partial charge is 0.381 e. The summed E-state index contributed by atoms with van der Waals surface area (Å²) < 4.78 is 25.6. The molecule has 0 fully saturated rings. The van der Waals surface area contributed by atoms with Gasteiger partial charge in [0.15, 0.2) is 0 Å². The number of aliphatic hydroxyl groups is 1. The predicted molar refractivity (Wildman–Crippen MR) is 66.4 cm³/mol. The van der Waals surface area contributed by atoms with E-state index in [1.165, 1.54) is 19.2 Å². The minimum Gasteiger partial charge on any atom is -0.381 e. The highest BCUT2D eigenvalue weighted by Crippen LogP contribution is 2.20. The fraction of sp³-hybridized carbons (Fsp3) is 0.300. The van der Waals surface area contributed by atoms with Crippen molar-refractivity contribution in [2.75, 3.05) is 18.9 Å². The van der Waals surface area contributed by atoms with Crippen LogP contribution in [0.1, 0.15) is 0 Å². The third-order valence-electron chi connectivity index (χ3n) is 2.26. The average Bonchev–Trinajstić information content (AvgIpc) is 2.36. The predicted octanol–water partition coefficient (Wildman–Crippen LogP) is -1.15. The minimum atomic E-state index is -3.61. The van der Waals surface area contributed by atoms with Crippen molar-refractivity contribution in [2.45, 2.75) is 11.0 Å². The van der Waals surface area contributed by atoms with Crippen LogP contribution in [0.2, 0.25) is 0 Å². The van der Waals surface area contributed by atoms with Gasteiger partial charge in [0.1, 0.15) is 11.0 Å². The van der Waals surface area contributed by atoms with Crippen molar-refractivity contribution in [2.24, 2.45) is 5.73 Å². The first-order valence-corrected chi connectivity index (χ1v) is 6.60. The summed E-state index contributed by atoms with van der Waals surface area (Å²) in [4.78, 5) is 10.7. The van der Waals surface area contributed by atoms with Gasteiger partial charge < -0.3 is 16.2 Å². The van der Waals surface area contributed by atoms with Crippen LogP contribution in [0.5, 0.6) is 0 Å². The van der Waals surface area contributed by atoms with Gasteiger partial charge in [-0.3, -0.25) is 4.79 Å².